The maximum absolute atomic E-state index is 14.1. The Kier molecular flexibility index (Phi) is 3.84. The number of halogens is 2. The van der Waals surface area contributed by atoms with E-state index in [0.717, 1.165) is 38.2 Å². The first kappa shape index (κ1) is 16.0. The second-order valence-electron chi connectivity index (χ2n) is 7.08. The van der Waals surface area contributed by atoms with Crippen LogP contribution in [0.15, 0.2) is 18.2 Å². The lowest BCUT2D eigenvalue weighted by molar-refractivity contribution is -0.186. The minimum absolute atomic E-state index is 0.0943. The van der Waals surface area contributed by atoms with Gasteiger partial charge in [0, 0.05) is 24.4 Å². The average molecular weight is 337 g/mol. The molecule has 0 aromatic heterocycles. The molecule has 2 saturated carbocycles. The van der Waals surface area contributed by atoms with E-state index in [0.29, 0.717) is 25.3 Å². The third kappa shape index (κ3) is 2.62. The fourth-order valence-electron chi connectivity index (χ4n) is 4.08. The van der Waals surface area contributed by atoms with Crippen LogP contribution < -0.4 is 5.32 Å². The quantitative estimate of drug-likeness (QED) is 0.919. The van der Waals surface area contributed by atoms with E-state index in [4.69, 9.17) is 9.47 Å². The van der Waals surface area contributed by atoms with Gasteiger partial charge in [-0.15, -0.1) is 0 Å². The standard InChI is InChI=1S/C18H21F2NO3/c19-12-3-4-13(15(20)10-12)17(6-7-17)11-21-16(22)14-2-1-5-18(14)23-8-9-24-18/h3-4,10,14H,1-2,5-9,11H2,(H,21,22). The summed E-state index contributed by atoms with van der Waals surface area (Å²) < 4.78 is 38.6. The summed E-state index contributed by atoms with van der Waals surface area (Å²) in [7, 11) is 0. The second kappa shape index (κ2) is 5.77. The molecular weight excluding hydrogens is 316 g/mol. The zero-order valence-electron chi connectivity index (χ0n) is 13.4. The summed E-state index contributed by atoms with van der Waals surface area (Å²) in [6, 6.07) is 3.67. The van der Waals surface area contributed by atoms with Gasteiger partial charge in [-0.2, -0.15) is 0 Å². The number of ether oxygens (including phenoxy) is 2. The minimum Gasteiger partial charge on any atom is -0.355 e. The van der Waals surface area contributed by atoms with E-state index in [9.17, 15) is 13.6 Å². The molecule has 6 heteroatoms. The van der Waals surface area contributed by atoms with Crippen LogP contribution in [0, 0.1) is 17.6 Å². The van der Waals surface area contributed by atoms with Crippen molar-refractivity contribution in [3.8, 4) is 0 Å². The van der Waals surface area contributed by atoms with Crippen molar-refractivity contribution in [2.45, 2.75) is 43.3 Å². The van der Waals surface area contributed by atoms with Gasteiger partial charge in [-0.25, -0.2) is 8.78 Å². The van der Waals surface area contributed by atoms with Crippen molar-refractivity contribution in [2.24, 2.45) is 5.92 Å². The van der Waals surface area contributed by atoms with Gasteiger partial charge < -0.3 is 14.8 Å². The molecule has 0 radical (unpaired) electrons. The van der Waals surface area contributed by atoms with Gasteiger partial charge in [-0.1, -0.05) is 6.07 Å². The van der Waals surface area contributed by atoms with Gasteiger partial charge >= 0.3 is 0 Å². The highest BCUT2D eigenvalue weighted by Gasteiger charge is 2.52. The van der Waals surface area contributed by atoms with E-state index in [1.165, 1.54) is 12.1 Å². The Bertz CT molecular complexity index is 648. The van der Waals surface area contributed by atoms with Crippen molar-refractivity contribution in [2.75, 3.05) is 19.8 Å². The molecule has 24 heavy (non-hydrogen) atoms. The van der Waals surface area contributed by atoms with E-state index in [1.54, 1.807) is 0 Å². The molecule has 2 aliphatic carbocycles. The van der Waals surface area contributed by atoms with Crippen LogP contribution in [-0.4, -0.2) is 31.5 Å². The molecule has 1 atom stereocenters. The first-order valence-corrected chi connectivity index (χ1v) is 8.56. The van der Waals surface area contributed by atoms with Gasteiger partial charge in [-0.05, 0) is 37.3 Å². The number of hydrogen-bond acceptors (Lipinski definition) is 3. The maximum Gasteiger partial charge on any atom is 0.228 e. The topological polar surface area (TPSA) is 47.6 Å². The van der Waals surface area contributed by atoms with Gasteiger partial charge in [0.1, 0.15) is 11.6 Å². The number of hydrogen-bond donors (Lipinski definition) is 1. The predicted octanol–water partition coefficient (Wildman–Crippen LogP) is 2.66. The minimum atomic E-state index is -0.762. The molecule has 1 heterocycles. The van der Waals surface area contributed by atoms with E-state index in [1.807, 2.05) is 0 Å². The summed E-state index contributed by atoms with van der Waals surface area (Å²) in [6.07, 6.45) is 3.96. The van der Waals surface area contributed by atoms with E-state index >= 15 is 0 Å². The van der Waals surface area contributed by atoms with Gasteiger partial charge in [0.05, 0.1) is 19.1 Å². The summed E-state index contributed by atoms with van der Waals surface area (Å²) in [4.78, 5) is 12.6. The Labute approximate surface area is 139 Å². The number of nitrogens with one attached hydrogen (secondary N) is 1. The van der Waals surface area contributed by atoms with Crippen molar-refractivity contribution in [3.63, 3.8) is 0 Å². The van der Waals surface area contributed by atoms with Crippen molar-refractivity contribution >= 4 is 5.91 Å². The third-order valence-electron chi connectivity index (χ3n) is 5.60. The molecule has 1 saturated heterocycles. The number of carbonyl (C=O) groups is 1. The first-order chi connectivity index (χ1) is 11.5. The third-order valence-corrected chi connectivity index (χ3v) is 5.60. The van der Waals surface area contributed by atoms with Crippen LogP contribution in [0.2, 0.25) is 0 Å². The summed E-state index contributed by atoms with van der Waals surface area (Å²) in [5.74, 6) is -2.29. The second-order valence-corrected chi connectivity index (χ2v) is 7.08. The molecule has 1 unspecified atom stereocenters. The number of amides is 1. The Hall–Kier alpha value is -1.53. The zero-order chi connectivity index (χ0) is 16.8. The summed E-state index contributed by atoms with van der Waals surface area (Å²) in [5, 5.41) is 2.96. The molecule has 1 aromatic rings. The molecule has 4 nitrogen and oxygen atoms in total. The van der Waals surface area contributed by atoms with Crippen LogP contribution in [0.25, 0.3) is 0 Å². The molecule has 1 aliphatic heterocycles. The fraction of sp³-hybridized carbons (Fsp3) is 0.611. The van der Waals surface area contributed by atoms with Crippen LogP contribution in [0.5, 0.6) is 0 Å². The van der Waals surface area contributed by atoms with Crippen molar-refractivity contribution in [3.05, 3.63) is 35.4 Å². The van der Waals surface area contributed by atoms with Crippen molar-refractivity contribution in [1.29, 1.82) is 0 Å². The Morgan fingerprint density at radius 2 is 1.96 bits per heavy atom. The molecule has 0 bridgehead atoms. The average Bonchev–Trinajstić information content (AvgIpc) is 3.01. The van der Waals surface area contributed by atoms with Gasteiger partial charge in [0.25, 0.3) is 0 Å². The highest BCUT2D eigenvalue weighted by atomic mass is 19.1. The summed E-state index contributed by atoms with van der Waals surface area (Å²) in [6.45, 7) is 1.41. The first-order valence-electron chi connectivity index (χ1n) is 8.56. The van der Waals surface area contributed by atoms with Gasteiger partial charge in [-0.3, -0.25) is 4.79 Å². The largest absolute Gasteiger partial charge is 0.355 e. The number of benzene rings is 1. The highest BCUT2D eigenvalue weighted by molar-refractivity contribution is 5.80. The molecule has 4 rings (SSSR count). The highest BCUT2D eigenvalue weighted by Crippen LogP contribution is 2.49. The Morgan fingerprint density at radius 1 is 1.21 bits per heavy atom. The zero-order valence-corrected chi connectivity index (χ0v) is 13.4. The van der Waals surface area contributed by atoms with Gasteiger partial charge in [0.2, 0.25) is 5.91 Å². The predicted molar refractivity (Wildman–Crippen MR) is 82.3 cm³/mol. The molecule has 130 valence electrons. The normalized spacial score (nSPS) is 26.7. The van der Waals surface area contributed by atoms with Crippen LogP contribution in [-0.2, 0) is 19.7 Å². The van der Waals surface area contributed by atoms with Crippen molar-refractivity contribution in [1.82, 2.24) is 5.32 Å². The molecule has 3 fully saturated rings. The maximum atomic E-state index is 14.1. The van der Waals surface area contributed by atoms with E-state index in [-0.39, 0.29) is 11.8 Å². The molecule has 1 N–H and O–H groups in total. The molecule has 1 amide bonds. The lowest BCUT2D eigenvalue weighted by Gasteiger charge is -2.29. The molecule has 3 aliphatic rings. The number of rotatable bonds is 4. The van der Waals surface area contributed by atoms with Crippen LogP contribution >= 0.6 is 0 Å². The molecular formula is C18H21F2NO3. The van der Waals surface area contributed by atoms with Crippen LogP contribution in [0.1, 0.15) is 37.7 Å². The summed E-state index contributed by atoms with van der Waals surface area (Å²) >= 11 is 0. The fourth-order valence-corrected chi connectivity index (χ4v) is 4.08. The van der Waals surface area contributed by atoms with E-state index in [2.05, 4.69) is 5.32 Å². The van der Waals surface area contributed by atoms with Crippen molar-refractivity contribution < 1.29 is 23.0 Å². The molecule has 1 spiro atoms. The van der Waals surface area contributed by atoms with E-state index < -0.39 is 22.8 Å². The number of carbonyl (C=O) groups excluding carboxylic acids is 1. The Balaban J connectivity index is 1.44. The van der Waals surface area contributed by atoms with Gasteiger partial charge in [0.15, 0.2) is 5.79 Å². The smallest absolute Gasteiger partial charge is 0.228 e. The lowest BCUT2D eigenvalue weighted by atomic mass is 9.94. The lowest BCUT2D eigenvalue weighted by Crippen LogP contribution is -2.46. The van der Waals surface area contributed by atoms with Crippen LogP contribution in [0.4, 0.5) is 8.78 Å². The van der Waals surface area contributed by atoms with Crippen LogP contribution in [0.3, 0.4) is 0 Å². The SMILES string of the molecule is O=C(NCC1(c2ccc(F)cc2F)CC1)C1CCCC12OCCO2. The monoisotopic (exact) mass is 337 g/mol. The summed E-state index contributed by atoms with van der Waals surface area (Å²) in [5.41, 5.74) is 0.0788. The Morgan fingerprint density at radius 3 is 2.62 bits per heavy atom. The molecule has 1 aromatic carbocycles.